The second-order valence-corrected chi connectivity index (χ2v) is 5.64. The van der Waals surface area contributed by atoms with Crippen molar-refractivity contribution in [3.8, 4) is 0 Å². The molecule has 0 radical (unpaired) electrons. The fraction of sp³-hybridized carbons (Fsp3) is 0.588. The minimum absolute atomic E-state index is 0.200. The van der Waals surface area contributed by atoms with Crippen LogP contribution in [0.1, 0.15) is 50.7 Å². The third-order valence-electron chi connectivity index (χ3n) is 4.62. The number of fused-ring (bicyclic) bond motifs is 1. The second kappa shape index (κ2) is 6.40. The highest BCUT2D eigenvalue weighted by molar-refractivity contribution is 5.69. The van der Waals surface area contributed by atoms with Gasteiger partial charge in [0.2, 0.25) is 0 Å². The Balaban J connectivity index is 2.56. The predicted molar refractivity (Wildman–Crippen MR) is 80.8 cm³/mol. The summed E-state index contributed by atoms with van der Waals surface area (Å²) in [6.07, 6.45) is 4.46. The molecule has 0 bridgehead atoms. The maximum atomic E-state index is 11.5. The molecule has 1 aromatic rings. The highest BCUT2D eigenvalue weighted by Gasteiger charge is 2.41. The Morgan fingerprint density at radius 2 is 1.95 bits per heavy atom. The Kier molecular flexibility index (Phi) is 4.81. The van der Waals surface area contributed by atoms with Gasteiger partial charge in [-0.15, -0.1) is 0 Å². The van der Waals surface area contributed by atoms with Crippen molar-refractivity contribution < 1.29 is 9.90 Å². The van der Waals surface area contributed by atoms with Crippen LogP contribution in [0.5, 0.6) is 0 Å². The summed E-state index contributed by atoms with van der Waals surface area (Å²) in [5.74, 6) is -0.700. The molecule has 3 nitrogen and oxygen atoms in total. The highest BCUT2D eigenvalue weighted by atomic mass is 16.4. The van der Waals surface area contributed by atoms with Gasteiger partial charge < -0.3 is 5.11 Å². The topological polar surface area (TPSA) is 40.5 Å². The first-order valence-corrected chi connectivity index (χ1v) is 7.69. The van der Waals surface area contributed by atoms with Crippen molar-refractivity contribution >= 4 is 5.97 Å². The quantitative estimate of drug-likeness (QED) is 0.837. The molecule has 0 saturated heterocycles. The van der Waals surface area contributed by atoms with Gasteiger partial charge in [0, 0.05) is 0 Å². The van der Waals surface area contributed by atoms with Gasteiger partial charge in [0.15, 0.2) is 0 Å². The molecular weight excluding hydrogens is 250 g/mol. The molecule has 0 heterocycles. The molecule has 0 spiro atoms. The summed E-state index contributed by atoms with van der Waals surface area (Å²) in [6.45, 7) is 6.03. The Morgan fingerprint density at radius 1 is 1.25 bits per heavy atom. The molecule has 0 fully saturated rings. The van der Waals surface area contributed by atoms with Crippen LogP contribution in [0, 0.1) is 0 Å². The van der Waals surface area contributed by atoms with E-state index in [-0.39, 0.29) is 12.0 Å². The van der Waals surface area contributed by atoms with E-state index >= 15 is 0 Å². The first-order valence-electron chi connectivity index (χ1n) is 7.69. The highest BCUT2D eigenvalue weighted by Crippen LogP contribution is 2.41. The van der Waals surface area contributed by atoms with Crippen LogP contribution in [0.4, 0.5) is 0 Å². The second-order valence-electron chi connectivity index (χ2n) is 5.64. The summed E-state index contributed by atoms with van der Waals surface area (Å²) in [5, 5.41) is 9.46. The van der Waals surface area contributed by atoms with Gasteiger partial charge in [-0.1, -0.05) is 44.5 Å². The summed E-state index contributed by atoms with van der Waals surface area (Å²) in [4.78, 5) is 13.8. The van der Waals surface area contributed by atoms with Crippen LogP contribution in [-0.2, 0) is 16.8 Å². The minimum atomic E-state index is -0.700. The third-order valence-corrected chi connectivity index (χ3v) is 4.62. The number of nitrogens with zero attached hydrogens (tertiary/aromatic N) is 1. The van der Waals surface area contributed by atoms with E-state index in [1.165, 1.54) is 11.1 Å². The van der Waals surface area contributed by atoms with E-state index in [4.69, 9.17) is 0 Å². The van der Waals surface area contributed by atoms with Crippen molar-refractivity contribution in [1.29, 1.82) is 0 Å². The Bertz CT molecular complexity index is 468. The zero-order valence-electron chi connectivity index (χ0n) is 12.6. The summed E-state index contributed by atoms with van der Waals surface area (Å²) in [6, 6.07) is 8.42. The molecule has 0 amide bonds. The zero-order chi connectivity index (χ0) is 14.6. The van der Waals surface area contributed by atoms with E-state index < -0.39 is 5.97 Å². The van der Waals surface area contributed by atoms with Gasteiger partial charge in [0.1, 0.15) is 0 Å². The molecule has 0 aromatic heterocycles. The lowest BCUT2D eigenvalue weighted by Crippen LogP contribution is -2.47. The van der Waals surface area contributed by atoms with Gasteiger partial charge >= 0.3 is 5.97 Å². The monoisotopic (exact) mass is 275 g/mol. The average molecular weight is 275 g/mol. The van der Waals surface area contributed by atoms with Crippen molar-refractivity contribution in [2.24, 2.45) is 0 Å². The lowest BCUT2D eigenvalue weighted by atomic mass is 9.80. The summed E-state index contributed by atoms with van der Waals surface area (Å²) in [5.41, 5.74) is 2.24. The number of hydrogen-bond acceptors (Lipinski definition) is 2. The van der Waals surface area contributed by atoms with Crippen LogP contribution in [0.2, 0.25) is 0 Å². The minimum Gasteiger partial charge on any atom is -0.481 e. The van der Waals surface area contributed by atoms with E-state index in [9.17, 15) is 9.90 Å². The molecule has 1 atom stereocenters. The van der Waals surface area contributed by atoms with E-state index in [0.29, 0.717) is 0 Å². The summed E-state index contributed by atoms with van der Waals surface area (Å²) < 4.78 is 0. The van der Waals surface area contributed by atoms with Gasteiger partial charge in [-0.3, -0.25) is 9.69 Å². The molecule has 1 aromatic carbocycles. The number of carboxylic acids is 1. The number of rotatable bonds is 5. The molecule has 1 N–H and O–H groups in total. The summed E-state index contributed by atoms with van der Waals surface area (Å²) in [7, 11) is 0. The first kappa shape index (κ1) is 15.0. The lowest BCUT2D eigenvalue weighted by Gasteiger charge is -2.43. The van der Waals surface area contributed by atoms with Crippen LogP contribution in [-0.4, -0.2) is 29.1 Å². The first-order chi connectivity index (χ1) is 9.64. The molecule has 1 unspecified atom stereocenters. The van der Waals surface area contributed by atoms with E-state index in [1.807, 2.05) is 6.07 Å². The Labute approximate surface area is 121 Å². The fourth-order valence-corrected chi connectivity index (χ4v) is 3.76. The van der Waals surface area contributed by atoms with Crippen LogP contribution >= 0.6 is 0 Å². The average Bonchev–Trinajstić information content (AvgIpc) is 2.61. The van der Waals surface area contributed by atoms with Gasteiger partial charge in [-0.25, -0.2) is 0 Å². The maximum Gasteiger partial charge on any atom is 0.305 e. The number of carboxylic acid groups (broad SMARTS) is 1. The molecule has 0 aliphatic heterocycles. The fourth-order valence-electron chi connectivity index (χ4n) is 3.76. The van der Waals surface area contributed by atoms with Gasteiger partial charge in [0.25, 0.3) is 0 Å². The van der Waals surface area contributed by atoms with Gasteiger partial charge in [-0.05, 0) is 43.5 Å². The normalized spacial score (nSPS) is 22.4. The SMILES string of the molecule is CCN(CC)C1(CC(=O)O)CCCCc2ccccc21. The number of benzene rings is 1. The lowest BCUT2D eigenvalue weighted by molar-refractivity contribution is -0.141. The van der Waals surface area contributed by atoms with E-state index in [2.05, 4.69) is 36.9 Å². The number of aryl methyl sites for hydroxylation is 1. The molecule has 20 heavy (non-hydrogen) atoms. The molecule has 110 valence electrons. The molecular formula is C17H25NO2. The smallest absolute Gasteiger partial charge is 0.305 e. The number of carbonyl (C=O) groups is 1. The molecule has 3 heteroatoms. The van der Waals surface area contributed by atoms with Crippen molar-refractivity contribution in [2.45, 2.75) is 51.5 Å². The van der Waals surface area contributed by atoms with Gasteiger partial charge in [-0.2, -0.15) is 0 Å². The summed E-state index contributed by atoms with van der Waals surface area (Å²) >= 11 is 0. The van der Waals surface area contributed by atoms with E-state index in [1.54, 1.807) is 0 Å². The number of aliphatic carboxylic acids is 1. The van der Waals surface area contributed by atoms with Crippen molar-refractivity contribution in [1.82, 2.24) is 4.90 Å². The molecule has 1 aliphatic carbocycles. The van der Waals surface area contributed by atoms with Crippen molar-refractivity contribution in [2.75, 3.05) is 13.1 Å². The Morgan fingerprint density at radius 3 is 2.60 bits per heavy atom. The van der Waals surface area contributed by atoms with Crippen LogP contribution in [0.15, 0.2) is 24.3 Å². The Hall–Kier alpha value is -1.35. The largest absolute Gasteiger partial charge is 0.481 e. The molecule has 0 saturated carbocycles. The predicted octanol–water partition coefficient (Wildman–Crippen LogP) is 3.42. The third kappa shape index (κ3) is 2.73. The maximum absolute atomic E-state index is 11.5. The van der Waals surface area contributed by atoms with Crippen LogP contribution < -0.4 is 0 Å². The van der Waals surface area contributed by atoms with Crippen LogP contribution in [0.25, 0.3) is 0 Å². The molecule has 2 rings (SSSR count). The zero-order valence-corrected chi connectivity index (χ0v) is 12.6. The van der Waals surface area contributed by atoms with Crippen molar-refractivity contribution in [3.63, 3.8) is 0 Å². The molecule has 1 aliphatic rings. The number of hydrogen-bond donors (Lipinski definition) is 1. The van der Waals surface area contributed by atoms with Gasteiger partial charge in [0.05, 0.1) is 12.0 Å². The van der Waals surface area contributed by atoms with E-state index in [0.717, 1.165) is 38.8 Å². The van der Waals surface area contributed by atoms with Crippen LogP contribution in [0.3, 0.4) is 0 Å². The standard InChI is InChI=1S/C17H25NO2/c1-3-18(4-2)17(13-16(19)20)12-8-7-10-14-9-5-6-11-15(14)17/h5-6,9,11H,3-4,7-8,10,12-13H2,1-2H3,(H,19,20). The van der Waals surface area contributed by atoms with Crippen molar-refractivity contribution in [3.05, 3.63) is 35.4 Å².